The van der Waals surface area contributed by atoms with E-state index in [0.29, 0.717) is 6.04 Å². The van der Waals surface area contributed by atoms with Crippen LogP contribution in [0.15, 0.2) is 17.4 Å². The van der Waals surface area contributed by atoms with Crippen molar-refractivity contribution >= 4 is 28.9 Å². The summed E-state index contributed by atoms with van der Waals surface area (Å²) in [6.45, 7) is 6.41. The zero-order chi connectivity index (χ0) is 14.5. The molecule has 1 aliphatic carbocycles. The normalized spacial score (nSPS) is 20.2. The predicted octanol–water partition coefficient (Wildman–Crippen LogP) is 2.89. The van der Waals surface area contributed by atoms with Crippen LogP contribution in [0, 0.1) is 12.3 Å². The third kappa shape index (κ3) is 2.28. The molecule has 1 fully saturated rings. The summed E-state index contributed by atoms with van der Waals surface area (Å²) in [4.78, 5) is 19.9. The van der Waals surface area contributed by atoms with Crippen LogP contribution in [0.2, 0.25) is 0 Å². The molecule has 3 rings (SSSR count). The zero-order valence-corrected chi connectivity index (χ0v) is 12.6. The summed E-state index contributed by atoms with van der Waals surface area (Å²) in [5.41, 5.74) is 3.00. The van der Waals surface area contributed by atoms with E-state index in [1.807, 2.05) is 19.2 Å². The highest BCUT2D eigenvalue weighted by Gasteiger charge is 2.48. The van der Waals surface area contributed by atoms with Crippen LogP contribution in [-0.4, -0.2) is 31.4 Å². The molecule has 0 aromatic carbocycles. The minimum Gasteiger partial charge on any atom is -0.481 e. The molecular formula is C14H17N3O2S. The summed E-state index contributed by atoms with van der Waals surface area (Å²) in [5.74, 6) is -0.803. The number of carboxylic acids is 1. The van der Waals surface area contributed by atoms with Gasteiger partial charge in [0.15, 0.2) is 10.8 Å². The highest BCUT2D eigenvalue weighted by atomic mass is 32.2. The molecule has 106 valence electrons. The number of aliphatic carboxylic acids is 1. The number of pyridine rings is 1. The zero-order valence-electron chi connectivity index (χ0n) is 11.8. The molecule has 0 aliphatic heterocycles. The smallest absolute Gasteiger partial charge is 0.313 e. The van der Waals surface area contributed by atoms with Gasteiger partial charge in [0.25, 0.3) is 0 Å². The van der Waals surface area contributed by atoms with Gasteiger partial charge in [-0.05, 0) is 30.4 Å². The molecule has 1 unspecified atom stereocenters. The molecular weight excluding hydrogens is 274 g/mol. The van der Waals surface area contributed by atoms with Gasteiger partial charge in [-0.2, -0.15) is 0 Å². The number of imidazole rings is 1. The number of hydrogen-bond donors (Lipinski definition) is 1. The number of aryl methyl sites for hydroxylation is 1. The first kappa shape index (κ1) is 13.4. The third-order valence-electron chi connectivity index (χ3n) is 3.73. The van der Waals surface area contributed by atoms with E-state index in [0.717, 1.165) is 28.3 Å². The van der Waals surface area contributed by atoms with Gasteiger partial charge in [-0.3, -0.25) is 9.36 Å². The van der Waals surface area contributed by atoms with Crippen LogP contribution in [0.1, 0.15) is 31.9 Å². The number of hydrogen-bond acceptors (Lipinski definition) is 4. The van der Waals surface area contributed by atoms with E-state index in [2.05, 4.69) is 28.4 Å². The van der Waals surface area contributed by atoms with E-state index in [9.17, 15) is 4.79 Å². The Morgan fingerprint density at radius 3 is 2.90 bits per heavy atom. The van der Waals surface area contributed by atoms with Crippen LogP contribution in [-0.2, 0) is 4.79 Å². The molecule has 0 spiro atoms. The van der Waals surface area contributed by atoms with Crippen molar-refractivity contribution in [3.8, 4) is 0 Å². The summed E-state index contributed by atoms with van der Waals surface area (Å²) in [6, 6.07) is 2.36. The number of rotatable bonds is 4. The minimum atomic E-state index is -0.826. The summed E-state index contributed by atoms with van der Waals surface area (Å²) in [7, 11) is 0. The Labute approximate surface area is 121 Å². The molecule has 0 bridgehead atoms. The molecule has 6 heteroatoms. The number of carboxylic acid groups (broad SMARTS) is 1. The predicted molar refractivity (Wildman–Crippen MR) is 78.1 cm³/mol. The Morgan fingerprint density at radius 2 is 2.30 bits per heavy atom. The molecule has 1 atom stereocenters. The van der Waals surface area contributed by atoms with Crippen LogP contribution in [0.25, 0.3) is 11.2 Å². The van der Waals surface area contributed by atoms with Gasteiger partial charge >= 0.3 is 5.97 Å². The van der Waals surface area contributed by atoms with Crippen molar-refractivity contribution in [1.29, 1.82) is 0 Å². The van der Waals surface area contributed by atoms with Gasteiger partial charge in [-0.15, -0.1) is 0 Å². The molecule has 2 aromatic heterocycles. The molecule has 0 amide bonds. The fraction of sp³-hybridized carbons (Fsp3) is 0.500. The summed E-state index contributed by atoms with van der Waals surface area (Å²) in [5, 5.41) is 9.63. The van der Waals surface area contributed by atoms with Crippen LogP contribution < -0.4 is 0 Å². The molecule has 5 nitrogen and oxygen atoms in total. The molecule has 20 heavy (non-hydrogen) atoms. The van der Waals surface area contributed by atoms with Crippen molar-refractivity contribution in [2.24, 2.45) is 5.41 Å². The first-order valence-corrected chi connectivity index (χ1v) is 7.56. The highest BCUT2D eigenvalue weighted by molar-refractivity contribution is 7.99. The van der Waals surface area contributed by atoms with E-state index >= 15 is 0 Å². The SMILES string of the molecule is Cc1cnc2c(c1)nc(SCC(=O)O)n2C1CC1(C)C. The maximum atomic E-state index is 10.8. The van der Waals surface area contributed by atoms with Crippen LogP contribution in [0.5, 0.6) is 0 Å². The van der Waals surface area contributed by atoms with Crippen molar-refractivity contribution in [3.63, 3.8) is 0 Å². The van der Waals surface area contributed by atoms with Gasteiger partial charge < -0.3 is 5.11 Å². The average Bonchev–Trinajstić information content (AvgIpc) is 2.82. The Balaban J connectivity index is 2.07. The van der Waals surface area contributed by atoms with Gasteiger partial charge in [0.2, 0.25) is 0 Å². The maximum absolute atomic E-state index is 10.8. The Hall–Kier alpha value is -1.56. The van der Waals surface area contributed by atoms with Crippen molar-refractivity contribution in [1.82, 2.24) is 14.5 Å². The Bertz CT molecular complexity index is 693. The second kappa shape index (κ2) is 4.48. The fourth-order valence-electron chi connectivity index (χ4n) is 2.45. The number of thioether (sulfide) groups is 1. The van der Waals surface area contributed by atoms with Crippen molar-refractivity contribution in [3.05, 3.63) is 17.8 Å². The molecule has 1 aliphatic rings. The lowest BCUT2D eigenvalue weighted by Crippen LogP contribution is -2.05. The van der Waals surface area contributed by atoms with Gasteiger partial charge in [0.05, 0.1) is 5.75 Å². The van der Waals surface area contributed by atoms with Crippen molar-refractivity contribution in [2.45, 2.75) is 38.4 Å². The molecule has 2 heterocycles. The van der Waals surface area contributed by atoms with Crippen LogP contribution >= 0.6 is 11.8 Å². The van der Waals surface area contributed by atoms with Gasteiger partial charge in [0, 0.05) is 12.2 Å². The molecule has 1 N–H and O–H groups in total. The van der Waals surface area contributed by atoms with E-state index < -0.39 is 5.97 Å². The number of carbonyl (C=O) groups is 1. The lowest BCUT2D eigenvalue weighted by atomic mass is 10.2. The summed E-state index contributed by atoms with van der Waals surface area (Å²) in [6.07, 6.45) is 2.91. The van der Waals surface area contributed by atoms with E-state index in [1.165, 1.54) is 11.8 Å². The average molecular weight is 291 g/mol. The van der Waals surface area contributed by atoms with E-state index in [-0.39, 0.29) is 11.2 Å². The molecule has 0 radical (unpaired) electrons. The van der Waals surface area contributed by atoms with Crippen LogP contribution in [0.4, 0.5) is 0 Å². The Kier molecular flexibility index (Phi) is 3.01. The number of nitrogens with zero attached hydrogens (tertiary/aromatic N) is 3. The monoisotopic (exact) mass is 291 g/mol. The minimum absolute atomic E-state index is 0.0233. The Morgan fingerprint density at radius 1 is 1.60 bits per heavy atom. The van der Waals surface area contributed by atoms with Gasteiger partial charge in [-0.1, -0.05) is 25.6 Å². The van der Waals surface area contributed by atoms with Crippen LogP contribution in [0.3, 0.4) is 0 Å². The van der Waals surface area contributed by atoms with Crippen molar-refractivity contribution in [2.75, 3.05) is 5.75 Å². The highest BCUT2D eigenvalue weighted by Crippen LogP contribution is 2.57. The fourth-order valence-corrected chi connectivity index (χ4v) is 3.22. The quantitative estimate of drug-likeness (QED) is 0.877. The molecule has 1 saturated carbocycles. The second-order valence-corrected chi connectivity index (χ2v) is 6.95. The topological polar surface area (TPSA) is 68.0 Å². The standard InChI is InChI=1S/C14H17N3O2S/c1-8-4-9-12(15-6-8)17(10-5-14(10,2)3)13(16-9)20-7-11(18)19/h4,6,10H,5,7H2,1-3H3,(H,18,19). The first-order valence-electron chi connectivity index (χ1n) is 6.58. The number of aromatic nitrogens is 3. The maximum Gasteiger partial charge on any atom is 0.313 e. The molecule has 0 saturated heterocycles. The lowest BCUT2D eigenvalue weighted by molar-refractivity contribution is -0.133. The second-order valence-electron chi connectivity index (χ2n) is 6.01. The largest absolute Gasteiger partial charge is 0.481 e. The van der Waals surface area contributed by atoms with Crippen molar-refractivity contribution < 1.29 is 9.90 Å². The first-order chi connectivity index (χ1) is 9.38. The van der Waals surface area contributed by atoms with Gasteiger partial charge in [0.1, 0.15) is 5.52 Å². The van der Waals surface area contributed by atoms with E-state index in [4.69, 9.17) is 5.11 Å². The summed E-state index contributed by atoms with van der Waals surface area (Å²) < 4.78 is 2.11. The lowest BCUT2D eigenvalue weighted by Gasteiger charge is -2.09. The summed E-state index contributed by atoms with van der Waals surface area (Å²) >= 11 is 1.27. The third-order valence-corrected chi connectivity index (χ3v) is 4.67. The number of fused-ring (bicyclic) bond motifs is 1. The van der Waals surface area contributed by atoms with E-state index in [1.54, 1.807) is 0 Å². The molecule has 2 aromatic rings. The van der Waals surface area contributed by atoms with Gasteiger partial charge in [-0.25, -0.2) is 9.97 Å².